The van der Waals surface area contributed by atoms with E-state index in [2.05, 4.69) is 14.6 Å². The molecule has 0 fully saturated rings. The zero-order valence-electron chi connectivity index (χ0n) is 12.7. The minimum atomic E-state index is -4.36. The Bertz CT molecular complexity index is 771. The van der Waals surface area contributed by atoms with E-state index in [0.717, 1.165) is 0 Å². The van der Waals surface area contributed by atoms with E-state index < -0.39 is 22.8 Å². The first kappa shape index (κ1) is 18.4. The van der Waals surface area contributed by atoms with Gasteiger partial charge in [-0.1, -0.05) is 24.3 Å². The van der Waals surface area contributed by atoms with Crippen molar-refractivity contribution in [2.45, 2.75) is 24.2 Å². The maximum atomic E-state index is 12.0. The van der Waals surface area contributed by atoms with Gasteiger partial charge in [0, 0.05) is 19.8 Å². The first-order valence-electron chi connectivity index (χ1n) is 6.86. The number of sulfonamides is 1. The smallest absolute Gasteiger partial charge is 0.367 e. The minimum Gasteiger partial charge on any atom is -0.367 e. The molecule has 132 valence electrons. The summed E-state index contributed by atoms with van der Waals surface area (Å²) in [5.74, 6) is 0. The van der Waals surface area contributed by atoms with Crippen molar-refractivity contribution >= 4 is 10.0 Å². The Morgan fingerprint density at radius 2 is 1.83 bits per heavy atom. The fourth-order valence-electron chi connectivity index (χ4n) is 1.84. The molecule has 2 rings (SSSR count). The number of ether oxygens (including phenoxy) is 1. The summed E-state index contributed by atoms with van der Waals surface area (Å²) in [5, 5.41) is 3.80. The molecule has 0 atom stereocenters. The van der Waals surface area contributed by atoms with Gasteiger partial charge in [0.05, 0.1) is 12.8 Å². The second-order valence-corrected chi connectivity index (χ2v) is 6.87. The molecule has 0 unspecified atom stereocenters. The third-order valence-electron chi connectivity index (χ3n) is 3.02. The van der Waals surface area contributed by atoms with Gasteiger partial charge >= 0.3 is 6.18 Å². The van der Waals surface area contributed by atoms with Crippen LogP contribution >= 0.6 is 0 Å². The van der Waals surface area contributed by atoms with Gasteiger partial charge in [0.25, 0.3) is 0 Å². The van der Waals surface area contributed by atoms with Crippen molar-refractivity contribution in [2.75, 3.05) is 6.61 Å². The van der Waals surface area contributed by atoms with Crippen LogP contribution in [0.2, 0.25) is 0 Å². The molecule has 0 aliphatic rings. The van der Waals surface area contributed by atoms with Gasteiger partial charge in [-0.2, -0.15) is 18.3 Å². The highest BCUT2D eigenvalue weighted by Gasteiger charge is 2.27. The van der Waals surface area contributed by atoms with Crippen molar-refractivity contribution < 1.29 is 26.3 Å². The second-order valence-electron chi connectivity index (χ2n) is 5.10. The Morgan fingerprint density at radius 3 is 2.38 bits per heavy atom. The molecule has 0 bridgehead atoms. The maximum absolute atomic E-state index is 12.0. The third-order valence-corrected chi connectivity index (χ3v) is 4.37. The van der Waals surface area contributed by atoms with Crippen molar-refractivity contribution in [1.29, 1.82) is 0 Å². The van der Waals surface area contributed by atoms with Crippen LogP contribution in [-0.4, -0.2) is 31.0 Å². The highest BCUT2D eigenvalue weighted by molar-refractivity contribution is 7.89. The van der Waals surface area contributed by atoms with Crippen LogP contribution in [0.25, 0.3) is 0 Å². The van der Waals surface area contributed by atoms with Crippen LogP contribution in [0.1, 0.15) is 11.1 Å². The number of benzene rings is 1. The van der Waals surface area contributed by atoms with E-state index in [-0.39, 0.29) is 18.0 Å². The number of nitrogens with one attached hydrogen (secondary N) is 1. The molecule has 1 aromatic carbocycles. The number of aromatic nitrogens is 2. The molecule has 0 saturated heterocycles. The van der Waals surface area contributed by atoms with Crippen LogP contribution in [0.15, 0.2) is 41.6 Å². The Hall–Kier alpha value is -1.91. The van der Waals surface area contributed by atoms with Crippen molar-refractivity contribution in [1.82, 2.24) is 14.5 Å². The van der Waals surface area contributed by atoms with Crippen molar-refractivity contribution in [3.63, 3.8) is 0 Å². The predicted octanol–water partition coefficient (Wildman–Crippen LogP) is 1.98. The lowest BCUT2D eigenvalue weighted by Crippen LogP contribution is -2.22. The van der Waals surface area contributed by atoms with E-state index >= 15 is 0 Å². The summed E-state index contributed by atoms with van der Waals surface area (Å²) in [7, 11) is -2.05. The van der Waals surface area contributed by atoms with Crippen LogP contribution in [0, 0.1) is 0 Å². The van der Waals surface area contributed by atoms with Crippen LogP contribution < -0.4 is 4.72 Å². The molecule has 2 aromatic rings. The van der Waals surface area contributed by atoms with E-state index in [9.17, 15) is 21.6 Å². The first-order valence-corrected chi connectivity index (χ1v) is 8.35. The second kappa shape index (κ2) is 7.32. The average Bonchev–Trinajstić information content (AvgIpc) is 2.93. The van der Waals surface area contributed by atoms with Gasteiger partial charge in [-0.15, -0.1) is 0 Å². The van der Waals surface area contributed by atoms with Gasteiger partial charge in [-0.05, 0) is 11.1 Å². The third kappa shape index (κ3) is 5.62. The van der Waals surface area contributed by atoms with Crippen molar-refractivity contribution in [3.8, 4) is 0 Å². The molecule has 6 nitrogen and oxygen atoms in total. The molecule has 0 amide bonds. The lowest BCUT2D eigenvalue weighted by molar-refractivity contribution is -0.176. The molecule has 0 saturated carbocycles. The minimum absolute atomic E-state index is 0.0565. The lowest BCUT2D eigenvalue weighted by Gasteiger charge is -2.08. The Morgan fingerprint density at radius 1 is 1.21 bits per heavy atom. The van der Waals surface area contributed by atoms with E-state index in [1.54, 1.807) is 31.3 Å². The molecule has 0 aliphatic carbocycles. The summed E-state index contributed by atoms with van der Waals surface area (Å²) in [6.07, 6.45) is -1.74. The molecular weight excluding hydrogens is 347 g/mol. The molecule has 10 heteroatoms. The number of hydrogen-bond acceptors (Lipinski definition) is 4. The zero-order valence-corrected chi connectivity index (χ0v) is 13.6. The normalized spacial score (nSPS) is 12.5. The molecular formula is C14H16F3N3O3S. The molecule has 0 spiro atoms. The standard InChI is InChI=1S/C14H16F3N3O3S/c1-20-8-13(7-18-20)24(21,22)19-6-11-2-4-12(5-3-11)9-23-10-14(15,16)17/h2-5,7-8,19H,6,9-10H2,1H3. The van der Waals surface area contributed by atoms with E-state index in [1.807, 2.05) is 0 Å². The van der Waals surface area contributed by atoms with Gasteiger partial charge in [0.2, 0.25) is 10.0 Å². The Kier molecular flexibility index (Phi) is 5.62. The summed E-state index contributed by atoms with van der Waals surface area (Å²) < 4.78 is 68.4. The average molecular weight is 363 g/mol. The largest absolute Gasteiger partial charge is 0.411 e. The summed E-state index contributed by atoms with van der Waals surface area (Å²) >= 11 is 0. The number of hydrogen-bond donors (Lipinski definition) is 1. The maximum Gasteiger partial charge on any atom is 0.411 e. The van der Waals surface area contributed by atoms with Gasteiger partial charge in [-0.3, -0.25) is 4.68 Å². The number of halogens is 3. The quantitative estimate of drug-likeness (QED) is 0.816. The molecule has 24 heavy (non-hydrogen) atoms. The van der Waals surface area contributed by atoms with Crippen LogP contribution in [0.4, 0.5) is 13.2 Å². The lowest BCUT2D eigenvalue weighted by atomic mass is 10.1. The summed E-state index contributed by atoms with van der Waals surface area (Å²) in [5.41, 5.74) is 1.24. The zero-order chi connectivity index (χ0) is 17.8. The first-order chi connectivity index (χ1) is 11.2. The Balaban J connectivity index is 1.88. The molecule has 1 heterocycles. The van der Waals surface area contributed by atoms with Crippen LogP contribution in [0.3, 0.4) is 0 Å². The number of alkyl halides is 3. The number of aryl methyl sites for hydroxylation is 1. The molecule has 0 aliphatic heterocycles. The summed E-state index contributed by atoms with van der Waals surface area (Å²) in [4.78, 5) is 0.0576. The monoisotopic (exact) mass is 363 g/mol. The summed E-state index contributed by atoms with van der Waals surface area (Å²) in [6.45, 7) is -1.41. The molecule has 1 aromatic heterocycles. The highest BCUT2D eigenvalue weighted by Crippen LogP contribution is 2.16. The van der Waals surface area contributed by atoms with Crippen LogP contribution in [-0.2, 0) is 35.0 Å². The molecule has 1 N–H and O–H groups in total. The number of rotatable bonds is 7. The van der Waals surface area contributed by atoms with E-state index in [1.165, 1.54) is 17.1 Å². The van der Waals surface area contributed by atoms with E-state index in [4.69, 9.17) is 0 Å². The van der Waals surface area contributed by atoms with Crippen molar-refractivity contribution in [2.24, 2.45) is 7.05 Å². The topological polar surface area (TPSA) is 73.2 Å². The molecule has 0 radical (unpaired) electrons. The Labute approximate surface area is 137 Å². The fraction of sp³-hybridized carbons (Fsp3) is 0.357. The van der Waals surface area contributed by atoms with Gasteiger partial charge in [0.1, 0.15) is 11.5 Å². The van der Waals surface area contributed by atoms with Crippen molar-refractivity contribution in [3.05, 3.63) is 47.8 Å². The van der Waals surface area contributed by atoms with Gasteiger partial charge in [0.15, 0.2) is 0 Å². The fourth-order valence-corrected chi connectivity index (χ4v) is 2.84. The summed E-state index contributed by atoms with van der Waals surface area (Å²) in [6, 6.07) is 6.42. The van der Waals surface area contributed by atoms with E-state index in [0.29, 0.717) is 11.1 Å². The number of nitrogens with zero attached hydrogens (tertiary/aromatic N) is 2. The SMILES string of the molecule is Cn1cc(S(=O)(=O)NCc2ccc(COCC(F)(F)F)cc2)cn1. The predicted molar refractivity (Wildman–Crippen MR) is 79.4 cm³/mol. The van der Waals surface area contributed by atoms with Gasteiger partial charge in [-0.25, -0.2) is 13.1 Å². The van der Waals surface area contributed by atoms with Crippen LogP contribution in [0.5, 0.6) is 0 Å². The highest BCUT2D eigenvalue weighted by atomic mass is 32.2. The van der Waals surface area contributed by atoms with Gasteiger partial charge < -0.3 is 4.74 Å².